The molecule has 18 heavy (non-hydrogen) atoms. The monoisotopic (exact) mass is 252 g/mol. The second-order valence-corrected chi connectivity index (χ2v) is 4.40. The Morgan fingerprint density at radius 2 is 2.00 bits per heavy atom. The minimum atomic E-state index is -0.561. The zero-order chi connectivity index (χ0) is 13.5. The molecule has 0 N–H and O–H groups in total. The average Bonchev–Trinajstić information content (AvgIpc) is 2.40. The van der Waals surface area contributed by atoms with Crippen LogP contribution in [-0.4, -0.2) is 28.9 Å². The Hall–Kier alpha value is -1.45. The zero-order valence-corrected chi connectivity index (χ0v) is 11.3. The summed E-state index contributed by atoms with van der Waals surface area (Å²) in [5, 5.41) is 0. The Kier molecular flexibility index (Phi) is 5.75. The Morgan fingerprint density at radius 1 is 1.33 bits per heavy atom. The van der Waals surface area contributed by atoms with Gasteiger partial charge >= 0.3 is 0 Å². The van der Waals surface area contributed by atoms with Crippen molar-refractivity contribution >= 4 is 5.91 Å². The number of carbonyl (C=O) groups is 1. The van der Waals surface area contributed by atoms with Crippen LogP contribution in [-0.2, 0) is 0 Å². The number of nitrogens with zero attached hydrogens (tertiary/aromatic N) is 2. The maximum absolute atomic E-state index is 12.7. The third kappa shape index (κ3) is 3.79. The summed E-state index contributed by atoms with van der Waals surface area (Å²) in [6, 6.07) is 2.71. The van der Waals surface area contributed by atoms with Gasteiger partial charge in [-0.15, -0.1) is 0 Å². The van der Waals surface area contributed by atoms with Gasteiger partial charge in [0.05, 0.1) is 5.56 Å². The van der Waals surface area contributed by atoms with E-state index < -0.39 is 5.95 Å². The van der Waals surface area contributed by atoms with E-state index in [9.17, 15) is 9.18 Å². The van der Waals surface area contributed by atoms with Gasteiger partial charge in [-0.3, -0.25) is 4.79 Å². The smallest absolute Gasteiger partial charge is 0.255 e. The second-order valence-electron chi connectivity index (χ2n) is 4.40. The third-order valence-corrected chi connectivity index (χ3v) is 3.28. The molecule has 0 aromatic carbocycles. The quantitative estimate of drug-likeness (QED) is 0.729. The number of hydrogen-bond acceptors (Lipinski definition) is 2. The minimum Gasteiger partial charge on any atom is -0.339 e. The molecule has 0 saturated carbocycles. The van der Waals surface area contributed by atoms with Crippen LogP contribution in [0.25, 0.3) is 0 Å². The number of halogens is 1. The van der Waals surface area contributed by atoms with E-state index in [0.29, 0.717) is 18.0 Å². The lowest BCUT2D eigenvalue weighted by molar-refractivity contribution is 0.0734. The van der Waals surface area contributed by atoms with Gasteiger partial charge in [0.1, 0.15) is 0 Å². The molecule has 3 nitrogen and oxygen atoms in total. The van der Waals surface area contributed by atoms with Gasteiger partial charge in [-0.25, -0.2) is 4.98 Å². The molecule has 1 rings (SSSR count). The van der Waals surface area contributed by atoms with Gasteiger partial charge in [-0.05, 0) is 25.0 Å². The van der Waals surface area contributed by atoms with Gasteiger partial charge in [-0.1, -0.05) is 26.7 Å². The standard InChI is InChI=1S/C14H21FN2O/c1-4-11(5-2)10-17(6-3)14(18)12-7-8-13(15)16-9-12/h7-9,11H,4-6,10H2,1-3H3. The van der Waals surface area contributed by atoms with Crippen LogP contribution in [0.3, 0.4) is 0 Å². The number of aromatic nitrogens is 1. The van der Waals surface area contributed by atoms with Crippen LogP contribution in [0.5, 0.6) is 0 Å². The van der Waals surface area contributed by atoms with E-state index in [1.807, 2.05) is 6.92 Å². The second kappa shape index (κ2) is 7.09. The van der Waals surface area contributed by atoms with Crippen molar-refractivity contribution in [1.29, 1.82) is 0 Å². The fourth-order valence-corrected chi connectivity index (χ4v) is 1.90. The number of hydrogen-bond donors (Lipinski definition) is 0. The summed E-state index contributed by atoms with van der Waals surface area (Å²) in [5.74, 6) is -0.117. The van der Waals surface area contributed by atoms with Crippen molar-refractivity contribution < 1.29 is 9.18 Å². The molecular formula is C14H21FN2O. The maximum Gasteiger partial charge on any atom is 0.255 e. The van der Waals surface area contributed by atoms with Crippen molar-refractivity contribution in [1.82, 2.24) is 9.88 Å². The van der Waals surface area contributed by atoms with Gasteiger partial charge in [0.25, 0.3) is 5.91 Å². The van der Waals surface area contributed by atoms with Crippen LogP contribution in [0, 0.1) is 11.9 Å². The SMILES string of the molecule is CCC(CC)CN(CC)C(=O)c1ccc(F)nc1. The van der Waals surface area contributed by atoms with Crippen LogP contribution in [0.4, 0.5) is 4.39 Å². The van der Waals surface area contributed by atoms with E-state index >= 15 is 0 Å². The van der Waals surface area contributed by atoms with Gasteiger partial charge < -0.3 is 4.90 Å². The largest absolute Gasteiger partial charge is 0.339 e. The van der Waals surface area contributed by atoms with Crippen molar-refractivity contribution in [2.75, 3.05) is 13.1 Å². The molecule has 0 saturated heterocycles. The van der Waals surface area contributed by atoms with Crippen LogP contribution in [0.15, 0.2) is 18.3 Å². The third-order valence-electron chi connectivity index (χ3n) is 3.28. The summed E-state index contributed by atoms with van der Waals surface area (Å²) < 4.78 is 12.7. The van der Waals surface area contributed by atoms with E-state index in [-0.39, 0.29) is 5.91 Å². The predicted octanol–water partition coefficient (Wildman–Crippen LogP) is 3.12. The fourth-order valence-electron chi connectivity index (χ4n) is 1.90. The number of amides is 1. The molecule has 0 unspecified atom stereocenters. The molecule has 0 aliphatic heterocycles. The molecular weight excluding hydrogens is 231 g/mol. The molecule has 0 atom stereocenters. The van der Waals surface area contributed by atoms with E-state index in [0.717, 1.165) is 19.4 Å². The molecule has 1 aromatic rings. The van der Waals surface area contributed by atoms with Crippen LogP contribution in [0.1, 0.15) is 44.0 Å². The van der Waals surface area contributed by atoms with Crippen molar-refractivity contribution in [2.24, 2.45) is 5.92 Å². The topological polar surface area (TPSA) is 33.2 Å². The molecule has 4 heteroatoms. The predicted molar refractivity (Wildman–Crippen MR) is 69.8 cm³/mol. The van der Waals surface area contributed by atoms with Crippen molar-refractivity contribution in [3.05, 3.63) is 29.8 Å². The summed E-state index contributed by atoms with van der Waals surface area (Å²) in [4.78, 5) is 17.5. The van der Waals surface area contributed by atoms with E-state index in [2.05, 4.69) is 18.8 Å². The molecule has 100 valence electrons. The van der Waals surface area contributed by atoms with Gasteiger partial charge in [0.15, 0.2) is 0 Å². The van der Waals surface area contributed by atoms with Crippen LogP contribution < -0.4 is 0 Å². The van der Waals surface area contributed by atoms with Crippen molar-refractivity contribution in [3.63, 3.8) is 0 Å². The van der Waals surface area contributed by atoms with Crippen LogP contribution in [0.2, 0.25) is 0 Å². The van der Waals surface area contributed by atoms with E-state index in [4.69, 9.17) is 0 Å². The van der Waals surface area contributed by atoms with E-state index in [1.165, 1.54) is 18.3 Å². The Labute approximate surface area is 108 Å². The number of carbonyl (C=O) groups excluding carboxylic acids is 1. The molecule has 0 radical (unpaired) electrons. The highest BCUT2D eigenvalue weighted by molar-refractivity contribution is 5.93. The Bertz CT molecular complexity index is 374. The van der Waals surface area contributed by atoms with Crippen molar-refractivity contribution in [2.45, 2.75) is 33.6 Å². The van der Waals surface area contributed by atoms with Gasteiger partial charge in [0, 0.05) is 19.3 Å². The molecule has 1 amide bonds. The average molecular weight is 252 g/mol. The molecule has 0 aliphatic rings. The molecule has 0 bridgehead atoms. The molecule has 0 fully saturated rings. The lowest BCUT2D eigenvalue weighted by atomic mass is 10.0. The summed E-state index contributed by atoms with van der Waals surface area (Å²) in [6.45, 7) is 7.63. The molecule has 0 aliphatic carbocycles. The molecule has 1 heterocycles. The first-order chi connectivity index (χ1) is 8.62. The minimum absolute atomic E-state index is 0.0723. The first-order valence-corrected chi connectivity index (χ1v) is 6.53. The number of pyridine rings is 1. The first-order valence-electron chi connectivity index (χ1n) is 6.53. The van der Waals surface area contributed by atoms with Crippen molar-refractivity contribution in [3.8, 4) is 0 Å². The lowest BCUT2D eigenvalue weighted by Gasteiger charge is -2.25. The fraction of sp³-hybridized carbons (Fsp3) is 0.571. The van der Waals surface area contributed by atoms with Gasteiger partial charge in [0.2, 0.25) is 5.95 Å². The molecule has 1 aromatic heterocycles. The Balaban J connectivity index is 2.75. The maximum atomic E-state index is 12.7. The lowest BCUT2D eigenvalue weighted by Crippen LogP contribution is -2.35. The normalized spacial score (nSPS) is 10.7. The number of rotatable bonds is 6. The summed E-state index contributed by atoms with van der Waals surface area (Å²) in [5.41, 5.74) is 0.448. The summed E-state index contributed by atoms with van der Waals surface area (Å²) in [6.07, 6.45) is 3.41. The highest BCUT2D eigenvalue weighted by Gasteiger charge is 2.17. The van der Waals surface area contributed by atoms with E-state index in [1.54, 1.807) is 4.90 Å². The summed E-state index contributed by atoms with van der Waals surface area (Å²) in [7, 11) is 0. The highest BCUT2D eigenvalue weighted by Crippen LogP contribution is 2.12. The zero-order valence-electron chi connectivity index (χ0n) is 11.3. The Morgan fingerprint density at radius 3 is 2.44 bits per heavy atom. The summed E-state index contributed by atoms with van der Waals surface area (Å²) >= 11 is 0. The molecule has 0 spiro atoms. The van der Waals surface area contributed by atoms with Crippen LogP contribution >= 0.6 is 0 Å². The first kappa shape index (κ1) is 14.6. The highest BCUT2D eigenvalue weighted by atomic mass is 19.1. The van der Waals surface area contributed by atoms with Gasteiger partial charge in [-0.2, -0.15) is 4.39 Å².